The molecule has 0 N–H and O–H groups in total. The van der Waals surface area contributed by atoms with E-state index in [0.717, 1.165) is 37.4 Å². The molecule has 0 spiro atoms. The van der Waals surface area contributed by atoms with Crippen LogP contribution in [0.2, 0.25) is 0 Å². The molecule has 3 rings (SSSR count). The summed E-state index contributed by atoms with van der Waals surface area (Å²) in [5.41, 5.74) is 1.35. The molecule has 1 aliphatic rings. The SMILES string of the molecule is C[C@H](CSC(=O)c1ccccc1)C(=O)N(CC(=O)OC(C)(C)C)[C@H]1CC[C@H](c2ccccc2)CC1. The lowest BCUT2D eigenvalue weighted by molar-refractivity contribution is -0.161. The van der Waals surface area contributed by atoms with Crippen LogP contribution in [0.15, 0.2) is 60.7 Å². The molecule has 0 radical (unpaired) electrons. The van der Waals surface area contributed by atoms with Gasteiger partial charge < -0.3 is 9.64 Å². The van der Waals surface area contributed by atoms with Crippen molar-refractivity contribution in [3.05, 3.63) is 71.8 Å². The van der Waals surface area contributed by atoms with Crippen LogP contribution in [0.5, 0.6) is 0 Å². The van der Waals surface area contributed by atoms with Gasteiger partial charge in [-0.3, -0.25) is 14.4 Å². The van der Waals surface area contributed by atoms with Crippen LogP contribution >= 0.6 is 11.8 Å². The Labute approximate surface area is 213 Å². The van der Waals surface area contributed by atoms with Gasteiger partial charge in [-0.15, -0.1) is 0 Å². The van der Waals surface area contributed by atoms with Crippen LogP contribution in [0.3, 0.4) is 0 Å². The van der Waals surface area contributed by atoms with E-state index in [4.69, 9.17) is 4.74 Å². The fourth-order valence-electron chi connectivity index (χ4n) is 4.56. The summed E-state index contributed by atoms with van der Waals surface area (Å²) < 4.78 is 5.54. The van der Waals surface area contributed by atoms with Crippen molar-refractivity contribution in [2.24, 2.45) is 5.92 Å². The summed E-state index contributed by atoms with van der Waals surface area (Å²) in [6.07, 6.45) is 3.64. The molecular weight excluding hydrogens is 458 g/mol. The third-order valence-electron chi connectivity index (χ3n) is 6.31. The fraction of sp³-hybridized carbons (Fsp3) is 0.483. The predicted molar refractivity (Wildman–Crippen MR) is 141 cm³/mol. The van der Waals surface area contributed by atoms with Gasteiger partial charge in [-0.25, -0.2) is 0 Å². The summed E-state index contributed by atoms with van der Waals surface area (Å²) in [4.78, 5) is 40.5. The van der Waals surface area contributed by atoms with E-state index in [0.29, 0.717) is 17.2 Å². The van der Waals surface area contributed by atoms with E-state index in [9.17, 15) is 14.4 Å². The molecule has 0 unspecified atom stereocenters. The third-order valence-corrected chi connectivity index (χ3v) is 7.47. The lowest BCUT2D eigenvalue weighted by Crippen LogP contribution is -2.48. The number of carbonyl (C=O) groups excluding carboxylic acids is 3. The average molecular weight is 496 g/mol. The van der Waals surface area contributed by atoms with Crippen molar-refractivity contribution < 1.29 is 19.1 Å². The summed E-state index contributed by atoms with van der Waals surface area (Å²) in [6, 6.07) is 19.6. The number of amides is 1. The second-order valence-electron chi connectivity index (χ2n) is 10.3. The summed E-state index contributed by atoms with van der Waals surface area (Å²) in [5, 5.41) is -0.0488. The van der Waals surface area contributed by atoms with Gasteiger partial charge in [0, 0.05) is 23.3 Å². The second kappa shape index (κ2) is 12.4. The summed E-state index contributed by atoms with van der Waals surface area (Å²) >= 11 is 1.15. The van der Waals surface area contributed by atoms with Gasteiger partial charge >= 0.3 is 5.97 Å². The first-order chi connectivity index (χ1) is 16.6. The molecule has 1 fully saturated rings. The number of ether oxygens (including phenoxy) is 1. The van der Waals surface area contributed by atoms with Crippen molar-refractivity contribution in [1.29, 1.82) is 0 Å². The van der Waals surface area contributed by atoms with Gasteiger partial charge in [0.1, 0.15) is 12.1 Å². The minimum absolute atomic E-state index is 0.00717. The monoisotopic (exact) mass is 495 g/mol. The van der Waals surface area contributed by atoms with Crippen molar-refractivity contribution in [2.45, 2.75) is 70.9 Å². The van der Waals surface area contributed by atoms with Crippen molar-refractivity contribution in [3.63, 3.8) is 0 Å². The van der Waals surface area contributed by atoms with E-state index in [1.807, 2.05) is 52.0 Å². The Balaban J connectivity index is 1.65. The fourth-order valence-corrected chi connectivity index (χ4v) is 5.41. The Kier molecular flexibility index (Phi) is 9.55. The molecule has 6 heteroatoms. The van der Waals surface area contributed by atoms with Crippen LogP contribution < -0.4 is 0 Å². The molecule has 1 aliphatic carbocycles. The van der Waals surface area contributed by atoms with Crippen LogP contribution in [0, 0.1) is 5.92 Å². The van der Waals surface area contributed by atoms with E-state index in [-0.39, 0.29) is 29.5 Å². The zero-order valence-electron chi connectivity index (χ0n) is 21.2. The molecular formula is C29H37NO4S. The highest BCUT2D eigenvalue weighted by atomic mass is 32.2. The first kappa shape index (κ1) is 27.0. The molecule has 0 saturated heterocycles. The van der Waals surface area contributed by atoms with Gasteiger partial charge in [-0.2, -0.15) is 0 Å². The number of benzene rings is 2. The summed E-state index contributed by atoms with van der Waals surface area (Å²) in [7, 11) is 0. The smallest absolute Gasteiger partial charge is 0.326 e. The number of carbonyl (C=O) groups is 3. The molecule has 0 aliphatic heterocycles. The van der Waals surface area contributed by atoms with Gasteiger partial charge in [0.25, 0.3) is 0 Å². The van der Waals surface area contributed by atoms with Gasteiger partial charge in [0.05, 0.1) is 0 Å². The van der Waals surface area contributed by atoms with Gasteiger partial charge in [0.15, 0.2) is 0 Å². The first-order valence-corrected chi connectivity index (χ1v) is 13.4. The van der Waals surface area contributed by atoms with Crippen LogP contribution in [0.1, 0.15) is 75.2 Å². The van der Waals surface area contributed by atoms with Gasteiger partial charge in [-0.1, -0.05) is 79.3 Å². The largest absolute Gasteiger partial charge is 0.459 e. The molecule has 5 nitrogen and oxygen atoms in total. The first-order valence-electron chi connectivity index (χ1n) is 12.4. The topological polar surface area (TPSA) is 63.7 Å². The van der Waals surface area contributed by atoms with E-state index in [1.165, 1.54) is 5.56 Å². The minimum atomic E-state index is -0.611. The number of nitrogens with zero attached hydrogens (tertiary/aromatic N) is 1. The average Bonchev–Trinajstić information content (AvgIpc) is 2.85. The maximum atomic E-state index is 13.5. The number of rotatable bonds is 8. The minimum Gasteiger partial charge on any atom is -0.459 e. The number of thioether (sulfide) groups is 1. The lowest BCUT2D eigenvalue weighted by Gasteiger charge is -2.38. The van der Waals surface area contributed by atoms with E-state index in [1.54, 1.807) is 17.0 Å². The van der Waals surface area contributed by atoms with Crippen molar-refractivity contribution in [1.82, 2.24) is 4.90 Å². The molecule has 188 valence electrons. The number of esters is 1. The molecule has 1 amide bonds. The molecule has 2 aromatic carbocycles. The lowest BCUT2D eigenvalue weighted by atomic mass is 9.81. The van der Waals surface area contributed by atoms with Crippen molar-refractivity contribution in [2.75, 3.05) is 12.3 Å². The Morgan fingerprint density at radius 1 is 0.943 bits per heavy atom. The Morgan fingerprint density at radius 2 is 1.51 bits per heavy atom. The molecule has 35 heavy (non-hydrogen) atoms. The molecule has 1 atom stereocenters. The van der Waals surface area contributed by atoms with Crippen LogP contribution in [0.25, 0.3) is 0 Å². The van der Waals surface area contributed by atoms with Crippen LogP contribution in [-0.4, -0.2) is 45.8 Å². The normalized spacial score (nSPS) is 19.0. The second-order valence-corrected chi connectivity index (χ2v) is 11.3. The molecule has 1 saturated carbocycles. The highest BCUT2D eigenvalue weighted by molar-refractivity contribution is 8.14. The summed E-state index contributed by atoms with van der Waals surface area (Å²) in [6.45, 7) is 7.27. The maximum absolute atomic E-state index is 13.5. The van der Waals surface area contributed by atoms with Crippen LogP contribution in [-0.2, 0) is 14.3 Å². The predicted octanol–water partition coefficient (Wildman–Crippen LogP) is 6.09. The Hall–Kier alpha value is -2.60. The van der Waals surface area contributed by atoms with Gasteiger partial charge in [0.2, 0.25) is 11.0 Å². The Morgan fingerprint density at radius 3 is 2.09 bits per heavy atom. The highest BCUT2D eigenvalue weighted by Crippen LogP contribution is 2.35. The molecule has 2 aromatic rings. The standard InChI is InChI=1S/C29H37NO4S/c1-21(20-35-28(33)24-13-9-6-10-14-24)27(32)30(19-26(31)34-29(2,3)4)25-17-15-23(16-18-25)22-11-7-5-8-12-22/h5-14,21,23,25H,15-20H2,1-4H3/t21-,23-,25-/m1/s1. The molecule has 0 aromatic heterocycles. The van der Waals surface area contributed by atoms with E-state index >= 15 is 0 Å². The number of hydrogen-bond acceptors (Lipinski definition) is 5. The van der Waals surface area contributed by atoms with Crippen LogP contribution in [0.4, 0.5) is 0 Å². The zero-order chi connectivity index (χ0) is 25.4. The number of hydrogen-bond donors (Lipinski definition) is 0. The van der Waals surface area contributed by atoms with Gasteiger partial charge in [-0.05, 0) is 57.9 Å². The third kappa shape index (κ3) is 8.24. The quantitative estimate of drug-likeness (QED) is 0.415. The van der Waals surface area contributed by atoms with Crippen molar-refractivity contribution >= 4 is 28.8 Å². The maximum Gasteiger partial charge on any atom is 0.326 e. The molecule has 0 bridgehead atoms. The highest BCUT2D eigenvalue weighted by Gasteiger charge is 2.34. The van der Waals surface area contributed by atoms with E-state index < -0.39 is 11.6 Å². The van der Waals surface area contributed by atoms with E-state index in [2.05, 4.69) is 24.3 Å². The summed E-state index contributed by atoms with van der Waals surface area (Å²) in [5.74, 6) is -0.0236. The zero-order valence-corrected chi connectivity index (χ0v) is 22.1. The Bertz CT molecular complexity index is 979. The van der Waals surface area contributed by atoms with Crippen molar-refractivity contribution in [3.8, 4) is 0 Å². The molecule has 0 heterocycles.